The molecule has 1 N–H and O–H groups in total. The van der Waals surface area contributed by atoms with Crippen molar-refractivity contribution < 1.29 is 14.6 Å². The maximum Gasteiger partial charge on any atom is 0.298 e. The van der Waals surface area contributed by atoms with Crippen molar-refractivity contribution in [2.45, 2.75) is 84.5 Å². The zero-order valence-corrected chi connectivity index (χ0v) is 18.2. The highest BCUT2D eigenvalue weighted by Gasteiger charge is 2.16. The zero-order valence-electron chi connectivity index (χ0n) is 18.2. The van der Waals surface area contributed by atoms with E-state index in [9.17, 15) is 9.90 Å². The Labute approximate surface area is 176 Å². The van der Waals surface area contributed by atoms with Crippen LogP contribution in [0.15, 0.2) is 36.4 Å². The van der Waals surface area contributed by atoms with Gasteiger partial charge < -0.3 is 9.84 Å². The van der Waals surface area contributed by atoms with Crippen LogP contribution in [-0.4, -0.2) is 11.6 Å². The Kier molecular flexibility index (Phi) is 9.76. The van der Waals surface area contributed by atoms with Gasteiger partial charge in [-0.2, -0.15) is 0 Å². The lowest BCUT2D eigenvalue weighted by atomic mass is 9.85. The van der Waals surface area contributed by atoms with E-state index >= 15 is 0 Å². The number of aromatic hydroxyl groups is 1. The van der Waals surface area contributed by atoms with Gasteiger partial charge in [0, 0.05) is 5.92 Å². The molecule has 1 unspecified atom stereocenters. The highest BCUT2D eigenvalue weighted by molar-refractivity contribution is 5.50. The largest absolute Gasteiger partial charge is 0.508 e. The maximum absolute atomic E-state index is 10.7. The summed E-state index contributed by atoms with van der Waals surface area (Å²) in [4.78, 5) is 10.7. The van der Waals surface area contributed by atoms with Crippen LogP contribution in [0.3, 0.4) is 0 Å². The second kappa shape index (κ2) is 12.3. The number of carbonyl (C=O) groups is 1. The third-order valence-electron chi connectivity index (χ3n) is 5.75. The standard InChI is InChI=1S/C26H36O3/c1-4-5-6-7-8-9-10-11-12-24(22-13-15-25(28)20(2)17-22)23-14-16-26(29-19-27)21(3)18-23/h13-19,24,28H,4-12H2,1-3H3. The number of ether oxygens (including phenoxy) is 1. The summed E-state index contributed by atoms with van der Waals surface area (Å²) in [7, 11) is 0. The Bertz CT molecular complexity index is 767. The smallest absolute Gasteiger partial charge is 0.298 e. The molecule has 29 heavy (non-hydrogen) atoms. The highest BCUT2D eigenvalue weighted by Crippen LogP contribution is 2.34. The van der Waals surface area contributed by atoms with E-state index in [4.69, 9.17) is 4.74 Å². The summed E-state index contributed by atoms with van der Waals surface area (Å²) in [6, 6.07) is 12.0. The molecule has 0 saturated heterocycles. The van der Waals surface area contributed by atoms with E-state index in [2.05, 4.69) is 25.1 Å². The molecule has 158 valence electrons. The van der Waals surface area contributed by atoms with Crippen molar-refractivity contribution in [2.24, 2.45) is 0 Å². The van der Waals surface area contributed by atoms with Gasteiger partial charge in [-0.25, -0.2) is 0 Å². The number of aryl methyl sites for hydroxylation is 2. The van der Waals surface area contributed by atoms with Gasteiger partial charge in [0.25, 0.3) is 6.47 Å². The Morgan fingerprint density at radius 2 is 1.45 bits per heavy atom. The predicted octanol–water partition coefficient (Wildman–Crippen LogP) is 7.21. The average Bonchev–Trinajstić information content (AvgIpc) is 2.71. The average molecular weight is 397 g/mol. The molecule has 0 bridgehead atoms. The van der Waals surface area contributed by atoms with Crippen LogP contribution in [0.5, 0.6) is 11.5 Å². The summed E-state index contributed by atoms with van der Waals surface area (Å²) in [5.41, 5.74) is 4.33. The molecule has 3 nitrogen and oxygen atoms in total. The van der Waals surface area contributed by atoms with Crippen molar-refractivity contribution in [3.05, 3.63) is 58.7 Å². The van der Waals surface area contributed by atoms with Crippen LogP contribution < -0.4 is 4.74 Å². The van der Waals surface area contributed by atoms with Gasteiger partial charge in [0.2, 0.25) is 0 Å². The molecule has 2 aromatic rings. The molecular weight excluding hydrogens is 360 g/mol. The number of rotatable bonds is 13. The quantitative estimate of drug-likeness (QED) is 0.287. The van der Waals surface area contributed by atoms with Gasteiger partial charge in [-0.15, -0.1) is 0 Å². The Hall–Kier alpha value is -2.29. The topological polar surface area (TPSA) is 46.5 Å². The number of benzene rings is 2. The van der Waals surface area contributed by atoms with Gasteiger partial charge >= 0.3 is 0 Å². The Balaban J connectivity index is 2.07. The molecule has 2 aromatic carbocycles. The fourth-order valence-electron chi connectivity index (χ4n) is 3.98. The number of hydrogen-bond donors (Lipinski definition) is 1. The lowest BCUT2D eigenvalue weighted by Crippen LogP contribution is -2.03. The molecule has 0 radical (unpaired) electrons. The minimum Gasteiger partial charge on any atom is -0.508 e. The van der Waals surface area contributed by atoms with Gasteiger partial charge in [0.1, 0.15) is 11.5 Å². The van der Waals surface area contributed by atoms with E-state index in [0.29, 0.717) is 18.0 Å². The number of hydrogen-bond acceptors (Lipinski definition) is 3. The van der Waals surface area contributed by atoms with E-state index in [1.807, 2.05) is 26.0 Å². The molecule has 0 aliphatic carbocycles. The zero-order chi connectivity index (χ0) is 21.1. The first kappa shape index (κ1) is 23.0. The van der Waals surface area contributed by atoms with Crippen molar-refractivity contribution >= 4 is 6.47 Å². The van der Waals surface area contributed by atoms with Crippen molar-refractivity contribution in [1.82, 2.24) is 0 Å². The normalized spacial score (nSPS) is 12.0. The van der Waals surface area contributed by atoms with Gasteiger partial charge in [-0.3, -0.25) is 4.79 Å². The van der Waals surface area contributed by atoms with Crippen LogP contribution in [0.25, 0.3) is 0 Å². The lowest BCUT2D eigenvalue weighted by Gasteiger charge is -2.20. The van der Waals surface area contributed by atoms with E-state index in [-0.39, 0.29) is 5.92 Å². The number of phenols is 1. The van der Waals surface area contributed by atoms with Gasteiger partial charge in [-0.1, -0.05) is 82.6 Å². The van der Waals surface area contributed by atoms with Crippen molar-refractivity contribution in [3.63, 3.8) is 0 Å². The molecule has 0 aliphatic heterocycles. The molecule has 0 amide bonds. The van der Waals surface area contributed by atoms with Crippen molar-refractivity contribution in [2.75, 3.05) is 0 Å². The third kappa shape index (κ3) is 7.23. The minimum absolute atomic E-state index is 0.276. The monoisotopic (exact) mass is 396 g/mol. The summed E-state index contributed by atoms with van der Waals surface area (Å²) in [6.07, 6.45) is 11.5. The summed E-state index contributed by atoms with van der Waals surface area (Å²) >= 11 is 0. The minimum atomic E-state index is 0.276. The first-order valence-electron chi connectivity index (χ1n) is 11.1. The van der Waals surface area contributed by atoms with E-state index in [1.165, 1.54) is 62.5 Å². The summed E-state index contributed by atoms with van der Waals surface area (Å²) in [5, 5.41) is 9.92. The first-order valence-corrected chi connectivity index (χ1v) is 11.1. The predicted molar refractivity (Wildman–Crippen MR) is 120 cm³/mol. The fraction of sp³-hybridized carbons (Fsp3) is 0.500. The van der Waals surface area contributed by atoms with Crippen molar-refractivity contribution in [3.8, 4) is 11.5 Å². The molecule has 3 heteroatoms. The molecular formula is C26H36O3. The van der Waals surface area contributed by atoms with Crippen LogP contribution in [0.2, 0.25) is 0 Å². The Morgan fingerprint density at radius 1 is 0.862 bits per heavy atom. The summed E-state index contributed by atoms with van der Waals surface area (Å²) < 4.78 is 5.05. The number of carbonyl (C=O) groups excluding carboxylic acids is 1. The summed E-state index contributed by atoms with van der Waals surface area (Å²) in [6.45, 7) is 6.64. The van der Waals surface area contributed by atoms with Gasteiger partial charge in [0.05, 0.1) is 0 Å². The fourth-order valence-corrected chi connectivity index (χ4v) is 3.98. The van der Waals surface area contributed by atoms with E-state index < -0.39 is 0 Å². The molecule has 0 aromatic heterocycles. The third-order valence-corrected chi connectivity index (χ3v) is 5.75. The van der Waals surface area contributed by atoms with Crippen LogP contribution in [0.4, 0.5) is 0 Å². The van der Waals surface area contributed by atoms with Crippen LogP contribution >= 0.6 is 0 Å². The molecule has 2 rings (SSSR count). The molecule has 0 fully saturated rings. The van der Waals surface area contributed by atoms with Gasteiger partial charge in [0.15, 0.2) is 0 Å². The summed E-state index contributed by atoms with van der Waals surface area (Å²) in [5.74, 6) is 1.22. The van der Waals surface area contributed by atoms with E-state index in [1.54, 1.807) is 6.07 Å². The number of phenolic OH excluding ortho intramolecular Hbond substituents is 1. The second-order valence-electron chi connectivity index (χ2n) is 8.10. The van der Waals surface area contributed by atoms with Crippen LogP contribution in [-0.2, 0) is 4.79 Å². The van der Waals surface area contributed by atoms with Crippen LogP contribution in [0, 0.1) is 13.8 Å². The molecule has 0 aliphatic rings. The van der Waals surface area contributed by atoms with E-state index in [0.717, 1.165) is 17.5 Å². The molecule has 0 saturated carbocycles. The molecule has 0 heterocycles. The van der Waals surface area contributed by atoms with Crippen molar-refractivity contribution in [1.29, 1.82) is 0 Å². The first-order chi connectivity index (χ1) is 14.1. The maximum atomic E-state index is 10.7. The molecule has 0 spiro atoms. The van der Waals surface area contributed by atoms with Gasteiger partial charge in [-0.05, 0) is 54.7 Å². The van der Waals surface area contributed by atoms with Crippen LogP contribution in [0.1, 0.15) is 92.9 Å². The highest BCUT2D eigenvalue weighted by atomic mass is 16.5. The lowest BCUT2D eigenvalue weighted by molar-refractivity contribution is -0.120. The second-order valence-corrected chi connectivity index (χ2v) is 8.10. The SMILES string of the molecule is CCCCCCCCCCC(c1ccc(O)c(C)c1)c1ccc(OC=O)c(C)c1. The molecule has 1 atom stereocenters. The Morgan fingerprint density at radius 3 is 2.03 bits per heavy atom. The number of unbranched alkanes of at least 4 members (excludes halogenated alkanes) is 7.